The van der Waals surface area contributed by atoms with Crippen molar-refractivity contribution in [3.63, 3.8) is 0 Å². The van der Waals surface area contributed by atoms with E-state index in [2.05, 4.69) is 5.10 Å². The van der Waals surface area contributed by atoms with Gasteiger partial charge in [-0.15, -0.1) is 0 Å². The second-order valence-electron chi connectivity index (χ2n) is 3.28. The monoisotopic (exact) mass is 207 g/mol. The van der Waals surface area contributed by atoms with Crippen molar-refractivity contribution in [2.45, 2.75) is 32.1 Å². The van der Waals surface area contributed by atoms with Crippen LogP contribution in [-0.4, -0.2) is 22.0 Å². The van der Waals surface area contributed by atoms with E-state index >= 15 is 0 Å². The zero-order valence-corrected chi connectivity index (χ0v) is 7.92. The van der Waals surface area contributed by atoms with Crippen LogP contribution >= 0.6 is 0 Å². The minimum Gasteiger partial charge on any atom is -0.326 e. The molecule has 80 valence electrons. The van der Waals surface area contributed by atoms with Crippen LogP contribution in [0, 0.1) is 6.92 Å². The van der Waals surface area contributed by atoms with Crippen LogP contribution in [0.5, 0.6) is 0 Å². The van der Waals surface area contributed by atoms with E-state index in [1.807, 2.05) is 0 Å². The molecule has 1 aromatic rings. The third-order valence-corrected chi connectivity index (χ3v) is 1.86. The number of hydrogen-bond acceptors (Lipinski definition) is 2. The maximum absolute atomic E-state index is 12.5. The number of alkyl halides is 3. The lowest BCUT2D eigenvalue weighted by Gasteiger charge is -2.23. The lowest BCUT2D eigenvalue weighted by Crippen LogP contribution is -2.40. The van der Waals surface area contributed by atoms with E-state index in [1.165, 1.54) is 19.2 Å². The summed E-state index contributed by atoms with van der Waals surface area (Å²) in [7, 11) is 0. The first-order chi connectivity index (χ1) is 6.32. The fourth-order valence-electron chi connectivity index (χ4n) is 1.28. The van der Waals surface area contributed by atoms with Gasteiger partial charge in [0.05, 0.1) is 5.69 Å². The molecular formula is C8H12F3N3. The molecule has 2 unspecified atom stereocenters. The molecule has 0 bridgehead atoms. The van der Waals surface area contributed by atoms with Crippen LogP contribution in [0.15, 0.2) is 12.3 Å². The summed E-state index contributed by atoms with van der Waals surface area (Å²) >= 11 is 0. The molecule has 0 aliphatic heterocycles. The van der Waals surface area contributed by atoms with Crippen molar-refractivity contribution in [2.24, 2.45) is 5.73 Å². The van der Waals surface area contributed by atoms with E-state index in [0.717, 1.165) is 4.68 Å². The zero-order valence-electron chi connectivity index (χ0n) is 7.92. The molecule has 0 saturated carbocycles. The molecule has 6 heteroatoms. The molecule has 0 spiro atoms. The molecule has 1 aromatic heterocycles. The Hall–Kier alpha value is -1.04. The van der Waals surface area contributed by atoms with Gasteiger partial charge in [-0.1, -0.05) is 0 Å². The summed E-state index contributed by atoms with van der Waals surface area (Å²) in [6, 6.07) is -1.26. The summed E-state index contributed by atoms with van der Waals surface area (Å²) in [4.78, 5) is 0. The third-order valence-electron chi connectivity index (χ3n) is 1.86. The van der Waals surface area contributed by atoms with Gasteiger partial charge in [0.1, 0.15) is 0 Å². The molecule has 2 N–H and O–H groups in total. The maximum Gasteiger partial charge on any atom is 0.412 e. The van der Waals surface area contributed by atoms with Crippen molar-refractivity contribution in [1.29, 1.82) is 0 Å². The van der Waals surface area contributed by atoms with Crippen molar-refractivity contribution >= 4 is 0 Å². The summed E-state index contributed by atoms with van der Waals surface area (Å²) < 4.78 is 38.4. The molecule has 1 rings (SSSR count). The highest BCUT2D eigenvalue weighted by atomic mass is 19.4. The SMILES string of the molecule is Cc1ccn(C(C(C)N)C(F)(F)F)n1. The number of rotatable bonds is 2. The zero-order chi connectivity index (χ0) is 10.9. The normalized spacial score (nSPS) is 16.7. The van der Waals surface area contributed by atoms with Crippen molar-refractivity contribution < 1.29 is 13.2 Å². The van der Waals surface area contributed by atoms with Crippen molar-refractivity contribution in [3.05, 3.63) is 18.0 Å². The molecule has 0 amide bonds. The molecule has 1 heterocycles. The van der Waals surface area contributed by atoms with Gasteiger partial charge in [0.15, 0.2) is 6.04 Å². The third kappa shape index (κ3) is 2.25. The Morgan fingerprint density at radius 3 is 2.36 bits per heavy atom. The van der Waals surface area contributed by atoms with E-state index < -0.39 is 18.3 Å². The van der Waals surface area contributed by atoms with Gasteiger partial charge in [-0.25, -0.2) is 0 Å². The summed E-state index contributed by atoms with van der Waals surface area (Å²) in [5.74, 6) is 0. The van der Waals surface area contributed by atoms with Crippen LogP contribution in [0.4, 0.5) is 13.2 Å². The van der Waals surface area contributed by atoms with Gasteiger partial charge in [0.25, 0.3) is 0 Å². The Balaban J connectivity index is 3.01. The first-order valence-corrected chi connectivity index (χ1v) is 4.16. The number of halogens is 3. The lowest BCUT2D eigenvalue weighted by molar-refractivity contribution is -0.174. The van der Waals surface area contributed by atoms with E-state index in [0.29, 0.717) is 5.69 Å². The molecule has 0 fully saturated rings. The molecule has 0 saturated heterocycles. The molecule has 14 heavy (non-hydrogen) atoms. The Morgan fingerprint density at radius 2 is 2.07 bits per heavy atom. The predicted octanol–water partition coefficient (Wildman–Crippen LogP) is 1.64. The van der Waals surface area contributed by atoms with Gasteiger partial charge in [-0.3, -0.25) is 4.68 Å². The Labute approximate surface area is 79.7 Å². The average molecular weight is 207 g/mol. The minimum atomic E-state index is -4.37. The quantitative estimate of drug-likeness (QED) is 0.801. The van der Waals surface area contributed by atoms with E-state index in [-0.39, 0.29) is 0 Å². The van der Waals surface area contributed by atoms with E-state index in [9.17, 15) is 13.2 Å². The van der Waals surface area contributed by atoms with Crippen LogP contribution < -0.4 is 5.73 Å². The number of aryl methyl sites for hydroxylation is 1. The van der Waals surface area contributed by atoms with Crippen molar-refractivity contribution in [1.82, 2.24) is 9.78 Å². The molecule has 0 aliphatic rings. The largest absolute Gasteiger partial charge is 0.412 e. The van der Waals surface area contributed by atoms with Gasteiger partial charge >= 0.3 is 6.18 Å². The number of aromatic nitrogens is 2. The summed E-state index contributed by atoms with van der Waals surface area (Å²) in [5, 5.41) is 3.72. The molecule has 3 nitrogen and oxygen atoms in total. The number of nitrogens with two attached hydrogens (primary N) is 1. The van der Waals surface area contributed by atoms with E-state index in [4.69, 9.17) is 5.73 Å². The highest BCUT2D eigenvalue weighted by molar-refractivity contribution is 4.98. The van der Waals surface area contributed by atoms with Gasteiger partial charge in [-0.05, 0) is 19.9 Å². The first-order valence-electron chi connectivity index (χ1n) is 4.16. The van der Waals surface area contributed by atoms with Gasteiger partial charge < -0.3 is 5.73 Å². The Morgan fingerprint density at radius 1 is 1.50 bits per heavy atom. The number of hydrogen-bond donors (Lipinski definition) is 1. The van der Waals surface area contributed by atoms with Crippen LogP contribution in [0.3, 0.4) is 0 Å². The van der Waals surface area contributed by atoms with Crippen LogP contribution in [0.25, 0.3) is 0 Å². The standard InChI is InChI=1S/C8H12F3N3/c1-5-3-4-14(13-5)7(6(2)12)8(9,10)11/h3-4,6-7H,12H2,1-2H3. The highest BCUT2D eigenvalue weighted by Gasteiger charge is 2.43. The van der Waals surface area contributed by atoms with Crippen LogP contribution in [-0.2, 0) is 0 Å². The molecule has 2 atom stereocenters. The average Bonchev–Trinajstić information content (AvgIpc) is 2.31. The topological polar surface area (TPSA) is 43.8 Å². The molecule has 0 radical (unpaired) electrons. The predicted molar refractivity (Wildman–Crippen MR) is 45.7 cm³/mol. The Kier molecular flexibility index (Phi) is 2.84. The van der Waals surface area contributed by atoms with Crippen LogP contribution in [0.1, 0.15) is 18.7 Å². The van der Waals surface area contributed by atoms with Crippen molar-refractivity contribution in [2.75, 3.05) is 0 Å². The molecule has 0 aromatic carbocycles. The smallest absolute Gasteiger partial charge is 0.326 e. The summed E-state index contributed by atoms with van der Waals surface area (Å²) in [6.07, 6.45) is -3.08. The Bertz CT molecular complexity index is 303. The second kappa shape index (κ2) is 3.61. The van der Waals surface area contributed by atoms with Crippen LogP contribution in [0.2, 0.25) is 0 Å². The molecular weight excluding hydrogens is 195 g/mol. The number of nitrogens with zero attached hydrogens (tertiary/aromatic N) is 2. The maximum atomic E-state index is 12.5. The fourth-order valence-corrected chi connectivity index (χ4v) is 1.28. The van der Waals surface area contributed by atoms with Gasteiger partial charge in [0, 0.05) is 12.2 Å². The van der Waals surface area contributed by atoms with Crippen molar-refractivity contribution in [3.8, 4) is 0 Å². The second-order valence-corrected chi connectivity index (χ2v) is 3.28. The van der Waals surface area contributed by atoms with E-state index in [1.54, 1.807) is 6.92 Å². The fraction of sp³-hybridized carbons (Fsp3) is 0.625. The first kappa shape index (κ1) is 11.0. The summed E-state index contributed by atoms with van der Waals surface area (Å²) in [5.41, 5.74) is 5.82. The highest BCUT2D eigenvalue weighted by Crippen LogP contribution is 2.31. The van der Waals surface area contributed by atoms with Gasteiger partial charge in [-0.2, -0.15) is 18.3 Å². The summed E-state index contributed by atoms with van der Waals surface area (Å²) in [6.45, 7) is 2.94. The molecule has 0 aliphatic carbocycles. The lowest BCUT2D eigenvalue weighted by atomic mass is 10.1. The minimum absolute atomic E-state index is 0.542. The van der Waals surface area contributed by atoms with Gasteiger partial charge in [0.2, 0.25) is 0 Å².